The number of hydrogen-bond donors (Lipinski definition) is 1. The summed E-state index contributed by atoms with van der Waals surface area (Å²) in [5.41, 5.74) is 0.973. The molecule has 0 aliphatic rings. The fourth-order valence-corrected chi connectivity index (χ4v) is 1.49. The fourth-order valence-electron chi connectivity index (χ4n) is 1.49. The number of aromatic nitrogens is 1. The van der Waals surface area contributed by atoms with E-state index in [2.05, 4.69) is 11.1 Å². The van der Waals surface area contributed by atoms with Gasteiger partial charge in [0.2, 0.25) is 0 Å². The molecular formula is C11H12ClNO. The van der Waals surface area contributed by atoms with Crippen LogP contribution in [0.25, 0.3) is 10.8 Å². The van der Waals surface area contributed by atoms with Crippen LogP contribution in [0.15, 0.2) is 36.5 Å². The molecule has 0 amide bonds. The zero-order valence-electron chi connectivity index (χ0n) is 7.68. The number of aliphatic hydroxyl groups excluding tert-OH is 1. The van der Waals surface area contributed by atoms with E-state index in [-0.39, 0.29) is 19.0 Å². The molecule has 0 saturated carbocycles. The average Bonchev–Trinajstić information content (AvgIpc) is 2.19. The molecule has 0 radical (unpaired) electrons. The van der Waals surface area contributed by atoms with Crippen LogP contribution < -0.4 is 0 Å². The van der Waals surface area contributed by atoms with Crippen molar-refractivity contribution >= 4 is 23.2 Å². The second-order valence-corrected chi connectivity index (χ2v) is 2.95. The number of aliphatic hydroxyl groups is 1. The summed E-state index contributed by atoms with van der Waals surface area (Å²) >= 11 is 0. The molecule has 0 unspecified atom stereocenters. The third kappa shape index (κ3) is 2.03. The Morgan fingerprint density at radius 2 is 1.93 bits per heavy atom. The zero-order chi connectivity index (χ0) is 9.10. The van der Waals surface area contributed by atoms with E-state index in [1.54, 1.807) is 6.20 Å². The molecule has 14 heavy (non-hydrogen) atoms. The Morgan fingerprint density at radius 1 is 1.14 bits per heavy atom. The predicted molar refractivity (Wildman–Crippen MR) is 59.8 cm³/mol. The molecule has 1 aromatic carbocycles. The van der Waals surface area contributed by atoms with Crippen molar-refractivity contribution in [3.63, 3.8) is 0 Å². The maximum atomic E-state index is 8.84. The summed E-state index contributed by atoms with van der Waals surface area (Å²) in [7, 11) is 0. The van der Waals surface area contributed by atoms with E-state index in [1.165, 1.54) is 5.39 Å². The minimum Gasteiger partial charge on any atom is -0.396 e. The smallest absolute Gasteiger partial charge is 0.0504 e. The van der Waals surface area contributed by atoms with Crippen LogP contribution in [0, 0.1) is 0 Å². The van der Waals surface area contributed by atoms with Gasteiger partial charge in [-0.25, -0.2) is 0 Å². The highest BCUT2D eigenvalue weighted by atomic mass is 35.5. The summed E-state index contributed by atoms with van der Waals surface area (Å²) in [5.74, 6) is 0. The van der Waals surface area contributed by atoms with Crippen molar-refractivity contribution in [1.29, 1.82) is 0 Å². The van der Waals surface area contributed by atoms with Crippen LogP contribution in [0.5, 0.6) is 0 Å². The van der Waals surface area contributed by atoms with Gasteiger partial charge in [0.25, 0.3) is 0 Å². The van der Waals surface area contributed by atoms with Crippen molar-refractivity contribution in [3.8, 4) is 0 Å². The molecule has 2 rings (SSSR count). The number of nitrogens with zero attached hydrogens (tertiary/aromatic N) is 1. The highest BCUT2D eigenvalue weighted by Gasteiger charge is 1.99. The van der Waals surface area contributed by atoms with Gasteiger partial charge < -0.3 is 5.11 Å². The Morgan fingerprint density at radius 3 is 2.71 bits per heavy atom. The molecule has 0 saturated heterocycles. The van der Waals surface area contributed by atoms with Crippen molar-refractivity contribution in [2.75, 3.05) is 6.61 Å². The van der Waals surface area contributed by atoms with Crippen molar-refractivity contribution < 1.29 is 5.11 Å². The number of halogens is 1. The molecule has 0 fully saturated rings. The molecule has 1 aromatic heterocycles. The highest BCUT2D eigenvalue weighted by molar-refractivity contribution is 5.85. The molecule has 3 heteroatoms. The van der Waals surface area contributed by atoms with Crippen LogP contribution in [0.2, 0.25) is 0 Å². The van der Waals surface area contributed by atoms with E-state index >= 15 is 0 Å². The van der Waals surface area contributed by atoms with Crippen LogP contribution in [0.4, 0.5) is 0 Å². The first-order chi connectivity index (χ1) is 6.42. The lowest BCUT2D eigenvalue weighted by atomic mass is 10.1. The van der Waals surface area contributed by atoms with E-state index < -0.39 is 0 Å². The van der Waals surface area contributed by atoms with Gasteiger partial charge in [-0.2, -0.15) is 0 Å². The minimum atomic E-state index is 0. The second-order valence-electron chi connectivity index (χ2n) is 2.95. The van der Waals surface area contributed by atoms with Crippen molar-refractivity contribution in [2.45, 2.75) is 6.42 Å². The highest BCUT2D eigenvalue weighted by Crippen LogP contribution is 2.16. The molecule has 1 heterocycles. The van der Waals surface area contributed by atoms with Crippen LogP contribution in [0.3, 0.4) is 0 Å². The standard InChI is InChI=1S/C11H11NO.ClH/c13-8-6-11-10-4-2-1-3-9(10)5-7-12-11;/h1-5,7,13H,6,8H2;1H. The third-order valence-electron chi connectivity index (χ3n) is 2.10. The van der Waals surface area contributed by atoms with Gasteiger partial charge in [-0.1, -0.05) is 24.3 Å². The largest absolute Gasteiger partial charge is 0.396 e. The molecule has 1 N–H and O–H groups in total. The Labute approximate surface area is 89.0 Å². The van der Waals surface area contributed by atoms with Gasteiger partial charge in [-0.05, 0) is 11.5 Å². The van der Waals surface area contributed by atoms with Crippen molar-refractivity contribution in [3.05, 3.63) is 42.2 Å². The molecule has 0 bridgehead atoms. The van der Waals surface area contributed by atoms with E-state index in [0.717, 1.165) is 11.1 Å². The summed E-state index contributed by atoms with van der Waals surface area (Å²) in [6.07, 6.45) is 2.41. The lowest BCUT2D eigenvalue weighted by Gasteiger charge is -2.02. The molecule has 2 aromatic rings. The van der Waals surface area contributed by atoms with Gasteiger partial charge in [-0.15, -0.1) is 12.4 Å². The van der Waals surface area contributed by atoms with Gasteiger partial charge in [0.05, 0.1) is 5.69 Å². The Balaban J connectivity index is 0.000000980. The van der Waals surface area contributed by atoms with Crippen LogP contribution in [-0.4, -0.2) is 16.7 Å². The van der Waals surface area contributed by atoms with E-state index in [1.807, 2.05) is 24.3 Å². The Hall–Kier alpha value is -1.12. The molecule has 0 aliphatic carbocycles. The molecular weight excluding hydrogens is 198 g/mol. The Kier molecular flexibility index (Phi) is 3.86. The molecule has 0 spiro atoms. The lowest BCUT2D eigenvalue weighted by Crippen LogP contribution is -1.94. The first-order valence-corrected chi connectivity index (χ1v) is 4.35. The second kappa shape index (κ2) is 4.94. The van der Waals surface area contributed by atoms with Crippen LogP contribution in [0.1, 0.15) is 5.69 Å². The number of hydrogen-bond acceptors (Lipinski definition) is 2. The number of pyridine rings is 1. The molecule has 0 aliphatic heterocycles. The number of fused-ring (bicyclic) bond motifs is 1. The van der Waals surface area contributed by atoms with Gasteiger partial charge in [0.15, 0.2) is 0 Å². The van der Waals surface area contributed by atoms with Gasteiger partial charge in [0.1, 0.15) is 0 Å². The Bertz CT molecular complexity index is 411. The van der Waals surface area contributed by atoms with E-state index in [9.17, 15) is 0 Å². The summed E-state index contributed by atoms with van der Waals surface area (Å²) in [6, 6.07) is 10.1. The first-order valence-electron chi connectivity index (χ1n) is 4.35. The number of benzene rings is 1. The zero-order valence-corrected chi connectivity index (χ0v) is 8.50. The maximum absolute atomic E-state index is 8.84. The fraction of sp³-hybridized carbons (Fsp3) is 0.182. The van der Waals surface area contributed by atoms with Crippen LogP contribution >= 0.6 is 12.4 Å². The first kappa shape index (κ1) is 11.0. The molecule has 74 valence electrons. The van der Waals surface area contributed by atoms with E-state index in [4.69, 9.17) is 5.11 Å². The van der Waals surface area contributed by atoms with E-state index in [0.29, 0.717) is 6.42 Å². The SMILES string of the molecule is Cl.OCCc1nccc2ccccc12. The number of rotatable bonds is 2. The van der Waals surface area contributed by atoms with Gasteiger partial charge in [0, 0.05) is 24.6 Å². The van der Waals surface area contributed by atoms with Crippen LogP contribution in [-0.2, 0) is 6.42 Å². The summed E-state index contributed by atoms with van der Waals surface area (Å²) in [5, 5.41) is 11.2. The molecule has 0 atom stereocenters. The quantitative estimate of drug-likeness (QED) is 0.823. The van der Waals surface area contributed by atoms with Gasteiger partial charge in [-0.3, -0.25) is 4.98 Å². The topological polar surface area (TPSA) is 33.1 Å². The normalized spacial score (nSPS) is 9.79. The monoisotopic (exact) mass is 209 g/mol. The lowest BCUT2D eigenvalue weighted by molar-refractivity contribution is 0.298. The maximum Gasteiger partial charge on any atom is 0.0504 e. The summed E-state index contributed by atoms with van der Waals surface area (Å²) in [6.45, 7) is 0.154. The van der Waals surface area contributed by atoms with Crippen molar-refractivity contribution in [2.24, 2.45) is 0 Å². The third-order valence-corrected chi connectivity index (χ3v) is 2.10. The van der Waals surface area contributed by atoms with Gasteiger partial charge >= 0.3 is 0 Å². The average molecular weight is 210 g/mol. The predicted octanol–water partition coefficient (Wildman–Crippen LogP) is 2.19. The minimum absolute atomic E-state index is 0. The summed E-state index contributed by atoms with van der Waals surface area (Å²) in [4.78, 5) is 4.24. The summed E-state index contributed by atoms with van der Waals surface area (Å²) < 4.78 is 0. The van der Waals surface area contributed by atoms with Crippen molar-refractivity contribution in [1.82, 2.24) is 4.98 Å². The molecule has 2 nitrogen and oxygen atoms in total.